The molecule has 1 aromatic heterocycles. The third-order valence-electron chi connectivity index (χ3n) is 3.89. The lowest BCUT2D eigenvalue weighted by Crippen LogP contribution is -2.50. The minimum absolute atomic E-state index is 0.0936. The first-order valence-corrected chi connectivity index (χ1v) is 7.91. The number of benzene rings is 1. The van der Waals surface area contributed by atoms with Crippen LogP contribution in [0.5, 0.6) is 0 Å². The van der Waals surface area contributed by atoms with Gasteiger partial charge in [0.05, 0.1) is 31.9 Å². The molecule has 3 rings (SSSR count). The molecule has 0 bridgehead atoms. The molecule has 1 fully saturated rings. The van der Waals surface area contributed by atoms with Crippen molar-refractivity contribution < 1.29 is 19.1 Å². The average molecular weight is 339 g/mol. The van der Waals surface area contributed by atoms with Crippen molar-refractivity contribution in [2.24, 2.45) is 0 Å². The van der Waals surface area contributed by atoms with Gasteiger partial charge in [-0.3, -0.25) is 0 Å². The maximum Gasteiger partial charge on any atom is 0.318 e. The van der Waals surface area contributed by atoms with Crippen molar-refractivity contribution in [2.45, 2.75) is 19.1 Å². The van der Waals surface area contributed by atoms with Gasteiger partial charge in [0.15, 0.2) is 0 Å². The topological polar surface area (TPSA) is 74.9 Å². The summed E-state index contributed by atoms with van der Waals surface area (Å²) in [6.45, 7) is 3.08. The molecule has 1 aliphatic rings. The van der Waals surface area contributed by atoms with Gasteiger partial charge < -0.3 is 24.5 Å². The lowest BCUT2D eigenvalue weighted by molar-refractivity contribution is -0.0405. The molecule has 0 spiro atoms. The minimum atomic E-state index is -0.321. The molecule has 6 nitrogen and oxygen atoms in total. The predicted molar refractivity (Wildman–Crippen MR) is 86.6 cm³/mol. The molecule has 23 heavy (non-hydrogen) atoms. The number of carbonyl (C=O) groups excluding carboxylic acids is 1. The molecule has 1 aliphatic heterocycles. The highest BCUT2D eigenvalue weighted by Crippen LogP contribution is 2.26. The number of aliphatic hydroxyl groups is 1. The number of urea groups is 1. The van der Waals surface area contributed by atoms with Crippen LogP contribution < -0.4 is 5.32 Å². The largest absolute Gasteiger partial charge is 0.459 e. The molecule has 124 valence electrons. The van der Waals surface area contributed by atoms with Gasteiger partial charge in [0, 0.05) is 17.0 Å². The van der Waals surface area contributed by atoms with E-state index < -0.39 is 0 Å². The molecule has 2 N–H and O–H groups in total. The van der Waals surface area contributed by atoms with E-state index in [9.17, 15) is 4.79 Å². The number of hydrogen-bond donors (Lipinski definition) is 2. The number of aliphatic hydroxyl groups excluding tert-OH is 1. The summed E-state index contributed by atoms with van der Waals surface area (Å²) in [5.74, 6) is 0.669. The van der Waals surface area contributed by atoms with E-state index in [4.69, 9.17) is 25.9 Å². The zero-order chi connectivity index (χ0) is 16.4. The van der Waals surface area contributed by atoms with E-state index in [0.717, 1.165) is 11.0 Å². The number of furan rings is 1. The van der Waals surface area contributed by atoms with E-state index in [1.165, 1.54) is 0 Å². The lowest BCUT2D eigenvalue weighted by Gasteiger charge is -2.32. The number of carbonyl (C=O) groups is 1. The van der Waals surface area contributed by atoms with Crippen LogP contribution in [0.1, 0.15) is 18.7 Å². The van der Waals surface area contributed by atoms with Crippen molar-refractivity contribution in [3.05, 3.63) is 35.0 Å². The van der Waals surface area contributed by atoms with Gasteiger partial charge in [-0.05, 0) is 31.2 Å². The Morgan fingerprint density at radius 1 is 1.52 bits per heavy atom. The number of morpholine rings is 1. The molecule has 1 saturated heterocycles. The van der Waals surface area contributed by atoms with E-state index in [-0.39, 0.29) is 24.8 Å². The number of nitrogens with zero attached hydrogens (tertiary/aromatic N) is 1. The maximum absolute atomic E-state index is 12.3. The molecule has 0 unspecified atom stereocenters. The molecule has 2 heterocycles. The molecule has 0 saturated carbocycles. The summed E-state index contributed by atoms with van der Waals surface area (Å²) in [6.07, 6.45) is -0.321. The van der Waals surface area contributed by atoms with Crippen LogP contribution in [-0.2, 0) is 4.74 Å². The smallest absolute Gasteiger partial charge is 0.318 e. The number of nitrogens with one attached hydrogen (secondary N) is 1. The summed E-state index contributed by atoms with van der Waals surface area (Å²) >= 11 is 5.97. The van der Waals surface area contributed by atoms with Crippen molar-refractivity contribution in [3.63, 3.8) is 0 Å². The Kier molecular flexibility index (Phi) is 4.75. The molecule has 2 aromatic rings. The van der Waals surface area contributed by atoms with Crippen LogP contribution in [0, 0.1) is 0 Å². The molecule has 2 atom stereocenters. The molecular formula is C16H19ClN2O4. The first-order chi connectivity index (χ1) is 11.1. The number of halogens is 1. The first-order valence-electron chi connectivity index (χ1n) is 7.53. The highest BCUT2D eigenvalue weighted by Gasteiger charge is 2.25. The van der Waals surface area contributed by atoms with Crippen LogP contribution in [-0.4, -0.2) is 48.4 Å². The Morgan fingerprint density at radius 2 is 2.35 bits per heavy atom. The maximum atomic E-state index is 12.3. The number of hydrogen-bond acceptors (Lipinski definition) is 4. The number of amides is 2. The predicted octanol–water partition coefficient (Wildman–Crippen LogP) is 2.55. The van der Waals surface area contributed by atoms with Gasteiger partial charge in [-0.25, -0.2) is 4.79 Å². The standard InChI is InChI=1S/C16H19ClN2O4/c1-10(15-7-11-6-12(17)2-3-14(11)23-15)18-16(21)19-4-5-22-13(8-19)9-20/h2-3,6-7,10,13,20H,4-5,8-9H2,1H3,(H,18,21)/t10-,13-/m0/s1. The fraction of sp³-hybridized carbons (Fsp3) is 0.438. The van der Waals surface area contributed by atoms with Crippen LogP contribution in [0.2, 0.25) is 5.02 Å². The van der Waals surface area contributed by atoms with Crippen LogP contribution in [0.3, 0.4) is 0 Å². The third-order valence-corrected chi connectivity index (χ3v) is 4.13. The van der Waals surface area contributed by atoms with Crippen molar-refractivity contribution >= 4 is 28.6 Å². The number of ether oxygens (including phenoxy) is 1. The summed E-state index contributed by atoms with van der Waals surface area (Å²) in [6, 6.07) is 6.81. The van der Waals surface area contributed by atoms with Crippen molar-refractivity contribution in [2.75, 3.05) is 26.3 Å². The minimum Gasteiger partial charge on any atom is -0.459 e. The number of fused-ring (bicyclic) bond motifs is 1. The van der Waals surface area contributed by atoms with Crippen molar-refractivity contribution in [3.8, 4) is 0 Å². The Bertz CT molecular complexity index is 702. The second-order valence-electron chi connectivity index (χ2n) is 5.62. The third kappa shape index (κ3) is 3.60. The first kappa shape index (κ1) is 16.1. The summed E-state index contributed by atoms with van der Waals surface area (Å²) in [7, 11) is 0. The van der Waals surface area contributed by atoms with E-state index >= 15 is 0 Å². The van der Waals surface area contributed by atoms with Gasteiger partial charge in [0.25, 0.3) is 0 Å². The van der Waals surface area contributed by atoms with Crippen LogP contribution >= 0.6 is 11.6 Å². The van der Waals surface area contributed by atoms with Gasteiger partial charge in [-0.15, -0.1) is 0 Å². The summed E-state index contributed by atoms with van der Waals surface area (Å²) in [5, 5.41) is 13.6. The monoisotopic (exact) mass is 338 g/mol. The van der Waals surface area contributed by atoms with Crippen molar-refractivity contribution in [1.29, 1.82) is 0 Å². The van der Waals surface area contributed by atoms with Gasteiger partial charge in [0.2, 0.25) is 0 Å². The SMILES string of the molecule is C[C@H](NC(=O)N1CCO[C@H](CO)C1)c1cc2cc(Cl)ccc2o1. The quantitative estimate of drug-likeness (QED) is 0.902. The lowest BCUT2D eigenvalue weighted by atomic mass is 10.2. The van der Waals surface area contributed by atoms with Crippen LogP contribution in [0.4, 0.5) is 4.79 Å². The second-order valence-corrected chi connectivity index (χ2v) is 6.06. The Labute approximate surface area is 139 Å². The molecule has 7 heteroatoms. The Morgan fingerprint density at radius 3 is 3.13 bits per heavy atom. The zero-order valence-electron chi connectivity index (χ0n) is 12.8. The fourth-order valence-electron chi connectivity index (χ4n) is 2.61. The van der Waals surface area contributed by atoms with E-state index in [2.05, 4.69) is 5.32 Å². The molecule has 2 amide bonds. The van der Waals surface area contributed by atoms with Gasteiger partial charge >= 0.3 is 6.03 Å². The summed E-state index contributed by atoms with van der Waals surface area (Å²) in [5.41, 5.74) is 0.734. The highest BCUT2D eigenvalue weighted by molar-refractivity contribution is 6.31. The normalized spacial score (nSPS) is 19.8. The fourth-order valence-corrected chi connectivity index (χ4v) is 2.79. The van der Waals surface area contributed by atoms with E-state index in [1.54, 1.807) is 11.0 Å². The van der Waals surface area contributed by atoms with Crippen LogP contribution in [0.15, 0.2) is 28.7 Å². The van der Waals surface area contributed by atoms with E-state index in [0.29, 0.717) is 30.5 Å². The second kappa shape index (κ2) is 6.78. The average Bonchev–Trinajstić information content (AvgIpc) is 2.98. The molecule has 1 aromatic carbocycles. The zero-order valence-corrected chi connectivity index (χ0v) is 13.5. The van der Waals surface area contributed by atoms with Crippen LogP contribution in [0.25, 0.3) is 11.0 Å². The van der Waals surface area contributed by atoms with Crippen molar-refractivity contribution in [1.82, 2.24) is 10.2 Å². The van der Waals surface area contributed by atoms with E-state index in [1.807, 2.05) is 25.1 Å². The Balaban J connectivity index is 1.67. The summed E-state index contributed by atoms with van der Waals surface area (Å²) in [4.78, 5) is 14.0. The highest BCUT2D eigenvalue weighted by atomic mass is 35.5. The summed E-state index contributed by atoms with van der Waals surface area (Å²) < 4.78 is 11.1. The van der Waals surface area contributed by atoms with Gasteiger partial charge in [-0.2, -0.15) is 0 Å². The van der Waals surface area contributed by atoms with Gasteiger partial charge in [-0.1, -0.05) is 11.6 Å². The molecule has 0 radical (unpaired) electrons. The van der Waals surface area contributed by atoms with Gasteiger partial charge in [0.1, 0.15) is 11.3 Å². The Hall–Kier alpha value is -1.76. The molecule has 0 aliphatic carbocycles. The molecular weight excluding hydrogens is 320 g/mol. The number of rotatable bonds is 3.